The molecule has 0 aliphatic carbocycles. The molecule has 0 saturated carbocycles. The van der Waals surface area contributed by atoms with Crippen LogP contribution in [0.5, 0.6) is 11.5 Å². The third-order valence-corrected chi connectivity index (χ3v) is 6.50. The first kappa shape index (κ1) is 23.3. The van der Waals surface area contributed by atoms with Gasteiger partial charge in [-0.3, -0.25) is 9.69 Å². The lowest BCUT2D eigenvalue weighted by molar-refractivity contribution is -0.113. The second-order valence-corrected chi connectivity index (χ2v) is 9.30. The SMILES string of the molecule is COc1cc(/C=C2\SC(=S)N(c3ccccc3)C2=O)ccc1OC(=O)c1ccc(Cl)cc1Cl. The number of hydrogen-bond acceptors (Lipinski definition) is 6. The Morgan fingerprint density at radius 2 is 1.79 bits per heavy atom. The Balaban J connectivity index is 1.57. The van der Waals surface area contributed by atoms with Crippen molar-refractivity contribution in [1.82, 2.24) is 0 Å². The molecule has 0 radical (unpaired) electrons. The van der Waals surface area contributed by atoms with Crippen LogP contribution in [-0.2, 0) is 4.79 Å². The first-order chi connectivity index (χ1) is 15.9. The predicted molar refractivity (Wildman–Crippen MR) is 137 cm³/mol. The molecule has 0 bridgehead atoms. The first-order valence-corrected chi connectivity index (χ1v) is 11.5. The van der Waals surface area contributed by atoms with Crippen molar-refractivity contribution in [2.45, 2.75) is 0 Å². The number of ether oxygens (including phenoxy) is 2. The first-order valence-electron chi connectivity index (χ1n) is 9.55. The zero-order valence-electron chi connectivity index (χ0n) is 17.1. The maximum absolute atomic E-state index is 12.9. The summed E-state index contributed by atoms with van der Waals surface area (Å²) >= 11 is 18.6. The standard InChI is InChI=1S/C24H15Cl2NO4S2/c1-30-20-11-14(7-10-19(20)31-23(29)17-9-8-15(25)13-18(17)26)12-21-22(28)27(24(32)33-21)16-5-3-2-4-6-16/h2-13H,1H3/b21-12-. The highest BCUT2D eigenvalue weighted by Gasteiger charge is 2.33. The lowest BCUT2D eigenvalue weighted by Gasteiger charge is -2.13. The van der Waals surface area contributed by atoms with Crippen LogP contribution in [-0.4, -0.2) is 23.3 Å². The Hall–Kier alpha value is -2.84. The number of carbonyl (C=O) groups is 2. The summed E-state index contributed by atoms with van der Waals surface area (Å²) in [6.45, 7) is 0. The number of nitrogens with zero attached hydrogens (tertiary/aromatic N) is 1. The highest BCUT2D eigenvalue weighted by atomic mass is 35.5. The summed E-state index contributed by atoms with van der Waals surface area (Å²) in [6.07, 6.45) is 1.71. The van der Waals surface area contributed by atoms with Crippen molar-refractivity contribution in [2.24, 2.45) is 0 Å². The van der Waals surface area contributed by atoms with Crippen molar-refractivity contribution < 1.29 is 19.1 Å². The molecule has 1 aliphatic rings. The monoisotopic (exact) mass is 515 g/mol. The number of hydrogen-bond donors (Lipinski definition) is 0. The average molecular weight is 516 g/mol. The normalized spacial score (nSPS) is 14.6. The minimum atomic E-state index is -0.647. The number of halogens is 2. The van der Waals surface area contributed by atoms with E-state index >= 15 is 0 Å². The van der Waals surface area contributed by atoms with Gasteiger partial charge in [-0.05, 0) is 54.1 Å². The maximum Gasteiger partial charge on any atom is 0.345 e. The van der Waals surface area contributed by atoms with E-state index in [1.54, 1.807) is 30.3 Å². The van der Waals surface area contributed by atoms with Gasteiger partial charge in [0.25, 0.3) is 5.91 Å². The largest absolute Gasteiger partial charge is 0.493 e. The summed E-state index contributed by atoms with van der Waals surface area (Å²) in [5, 5.41) is 0.597. The highest BCUT2D eigenvalue weighted by molar-refractivity contribution is 8.27. The highest BCUT2D eigenvalue weighted by Crippen LogP contribution is 2.37. The van der Waals surface area contributed by atoms with Gasteiger partial charge in [-0.25, -0.2) is 4.79 Å². The van der Waals surface area contributed by atoms with E-state index in [0.29, 0.717) is 31.2 Å². The molecule has 0 spiro atoms. The number of benzene rings is 3. The molecule has 1 saturated heterocycles. The van der Waals surface area contributed by atoms with Gasteiger partial charge in [0, 0.05) is 5.02 Å². The summed E-state index contributed by atoms with van der Waals surface area (Å²) in [5.74, 6) is -0.322. The van der Waals surface area contributed by atoms with E-state index in [0.717, 1.165) is 0 Å². The van der Waals surface area contributed by atoms with Crippen LogP contribution in [0.15, 0.2) is 71.6 Å². The van der Waals surface area contributed by atoms with E-state index in [2.05, 4.69) is 0 Å². The van der Waals surface area contributed by atoms with Gasteiger partial charge < -0.3 is 9.47 Å². The number of thioether (sulfide) groups is 1. The molecule has 166 valence electrons. The fraction of sp³-hybridized carbons (Fsp3) is 0.0417. The van der Waals surface area contributed by atoms with E-state index in [1.807, 2.05) is 30.3 Å². The summed E-state index contributed by atoms with van der Waals surface area (Å²) < 4.78 is 11.3. The zero-order valence-corrected chi connectivity index (χ0v) is 20.2. The van der Waals surface area contributed by atoms with Crippen molar-refractivity contribution in [2.75, 3.05) is 12.0 Å². The van der Waals surface area contributed by atoms with Crippen LogP contribution in [0.1, 0.15) is 15.9 Å². The number of amides is 1. The second kappa shape index (κ2) is 9.97. The summed E-state index contributed by atoms with van der Waals surface area (Å²) in [7, 11) is 1.46. The lowest BCUT2D eigenvalue weighted by Crippen LogP contribution is -2.27. The Bertz CT molecular complexity index is 1290. The summed E-state index contributed by atoms with van der Waals surface area (Å²) in [5.41, 5.74) is 1.57. The maximum atomic E-state index is 12.9. The minimum Gasteiger partial charge on any atom is -0.493 e. The zero-order chi connectivity index (χ0) is 23.5. The molecule has 1 aliphatic heterocycles. The van der Waals surface area contributed by atoms with Crippen molar-refractivity contribution in [3.05, 3.63) is 92.8 Å². The van der Waals surface area contributed by atoms with Crippen molar-refractivity contribution >= 4 is 75.1 Å². The third-order valence-electron chi connectivity index (χ3n) is 4.65. The molecule has 1 heterocycles. The number of esters is 1. The number of rotatable bonds is 5. The van der Waals surface area contributed by atoms with Crippen molar-refractivity contribution in [3.8, 4) is 11.5 Å². The number of methoxy groups -OCH3 is 1. The number of carbonyl (C=O) groups excluding carboxylic acids is 2. The van der Waals surface area contributed by atoms with Gasteiger partial charge in [-0.2, -0.15) is 0 Å². The second-order valence-electron chi connectivity index (χ2n) is 6.78. The van der Waals surface area contributed by atoms with Gasteiger partial charge in [0.05, 0.1) is 28.3 Å². The van der Waals surface area contributed by atoms with Gasteiger partial charge in [-0.1, -0.05) is 71.4 Å². The fourth-order valence-corrected chi connectivity index (χ4v) is 4.87. The van der Waals surface area contributed by atoms with Crippen LogP contribution >= 0.6 is 47.2 Å². The van der Waals surface area contributed by atoms with Crippen LogP contribution in [0.3, 0.4) is 0 Å². The van der Waals surface area contributed by atoms with Crippen molar-refractivity contribution in [3.63, 3.8) is 0 Å². The summed E-state index contributed by atoms with van der Waals surface area (Å²) in [6, 6.07) is 18.7. The fourth-order valence-electron chi connectivity index (χ4n) is 3.09. The quantitative estimate of drug-likeness (QED) is 0.164. The average Bonchev–Trinajstić information content (AvgIpc) is 3.07. The van der Waals surface area contributed by atoms with E-state index in [-0.39, 0.29) is 22.2 Å². The molecule has 0 N–H and O–H groups in total. The number of thiocarbonyl (C=S) groups is 1. The Kier molecular flexibility index (Phi) is 7.05. The van der Waals surface area contributed by atoms with Crippen LogP contribution in [0.2, 0.25) is 10.0 Å². The third kappa shape index (κ3) is 5.07. The smallest absolute Gasteiger partial charge is 0.345 e. The molecule has 1 amide bonds. The van der Waals surface area contributed by atoms with Crippen LogP contribution in [0.4, 0.5) is 5.69 Å². The van der Waals surface area contributed by atoms with Gasteiger partial charge in [0.15, 0.2) is 15.8 Å². The molecule has 5 nitrogen and oxygen atoms in total. The minimum absolute atomic E-state index is 0.178. The van der Waals surface area contributed by atoms with E-state index < -0.39 is 5.97 Å². The van der Waals surface area contributed by atoms with Gasteiger partial charge in [-0.15, -0.1) is 0 Å². The molecular weight excluding hydrogens is 501 g/mol. The molecule has 0 aromatic heterocycles. The van der Waals surface area contributed by atoms with Crippen LogP contribution in [0, 0.1) is 0 Å². The Labute approximate surface area is 209 Å². The topological polar surface area (TPSA) is 55.8 Å². The molecular formula is C24H15Cl2NO4S2. The Morgan fingerprint density at radius 1 is 1.03 bits per heavy atom. The molecule has 3 aromatic carbocycles. The van der Waals surface area contributed by atoms with E-state index in [4.69, 9.17) is 44.9 Å². The molecule has 0 atom stereocenters. The molecule has 3 aromatic rings. The molecule has 9 heteroatoms. The van der Waals surface area contributed by atoms with Crippen LogP contribution < -0.4 is 14.4 Å². The number of para-hydroxylation sites is 1. The summed E-state index contributed by atoms with van der Waals surface area (Å²) in [4.78, 5) is 27.4. The van der Waals surface area contributed by atoms with Crippen molar-refractivity contribution in [1.29, 1.82) is 0 Å². The van der Waals surface area contributed by atoms with Gasteiger partial charge in [0.2, 0.25) is 0 Å². The predicted octanol–water partition coefficient (Wildman–Crippen LogP) is 6.63. The molecule has 1 fully saturated rings. The molecule has 4 rings (SSSR count). The van der Waals surface area contributed by atoms with Crippen LogP contribution in [0.25, 0.3) is 6.08 Å². The van der Waals surface area contributed by atoms with E-state index in [9.17, 15) is 9.59 Å². The molecule has 0 unspecified atom stereocenters. The van der Waals surface area contributed by atoms with Gasteiger partial charge in [0.1, 0.15) is 0 Å². The van der Waals surface area contributed by atoms with Gasteiger partial charge >= 0.3 is 5.97 Å². The molecule has 33 heavy (non-hydrogen) atoms. The Morgan fingerprint density at radius 3 is 2.48 bits per heavy atom. The lowest BCUT2D eigenvalue weighted by atomic mass is 10.1. The number of anilines is 1. The van der Waals surface area contributed by atoms with E-state index in [1.165, 1.54) is 35.9 Å².